The zero-order valence-corrected chi connectivity index (χ0v) is 17.5. The average Bonchev–Trinajstić information content (AvgIpc) is 3.06. The van der Waals surface area contributed by atoms with Crippen LogP contribution in [-0.4, -0.2) is 53.9 Å². The molecular weight excluding hydrogens is 414 g/mol. The molecule has 1 fully saturated rings. The molecule has 0 unspecified atom stereocenters. The van der Waals surface area contributed by atoms with Crippen LogP contribution in [0.3, 0.4) is 0 Å². The molecule has 0 bridgehead atoms. The highest BCUT2D eigenvalue weighted by atomic mass is 35.5. The summed E-state index contributed by atoms with van der Waals surface area (Å²) in [5, 5.41) is 3.97. The number of hydrogen-bond donors (Lipinski definition) is 0. The molecule has 2 heterocycles. The smallest absolute Gasteiger partial charge is 0.246 e. The van der Waals surface area contributed by atoms with E-state index in [1.807, 2.05) is 25.7 Å². The number of hydrogen-bond acceptors (Lipinski definition) is 6. The van der Waals surface area contributed by atoms with Gasteiger partial charge in [-0.2, -0.15) is 9.29 Å². The maximum Gasteiger partial charge on any atom is 0.246 e. The quantitative estimate of drug-likeness (QED) is 0.732. The second-order valence-electron chi connectivity index (χ2n) is 7.52. The number of rotatable bonds is 4. The highest BCUT2D eigenvalue weighted by molar-refractivity contribution is 7.89. The first kappa shape index (κ1) is 22.7. The Kier molecular flexibility index (Phi) is 6.80. The van der Waals surface area contributed by atoms with Crippen molar-refractivity contribution in [3.63, 3.8) is 0 Å². The molecule has 3 rings (SSSR count). The van der Waals surface area contributed by atoms with Gasteiger partial charge in [0.15, 0.2) is 5.82 Å². The van der Waals surface area contributed by atoms with Gasteiger partial charge in [0.25, 0.3) is 0 Å². The van der Waals surface area contributed by atoms with Gasteiger partial charge in [0.1, 0.15) is 16.5 Å². The van der Waals surface area contributed by atoms with Crippen molar-refractivity contribution in [2.24, 2.45) is 0 Å². The minimum absolute atomic E-state index is 0. The number of aromatic nitrogens is 2. The second-order valence-corrected chi connectivity index (χ2v) is 9.42. The predicted octanol–water partition coefficient (Wildman–Crippen LogP) is 2.57. The first-order valence-corrected chi connectivity index (χ1v) is 10.0. The Morgan fingerprint density at radius 1 is 1.14 bits per heavy atom. The topological polar surface area (TPSA) is 79.5 Å². The fraction of sp³-hybridized carbons (Fsp3) is 0.529. The summed E-state index contributed by atoms with van der Waals surface area (Å²) in [5.41, 5.74) is -0.219. The molecule has 0 spiro atoms. The Labute approximate surface area is 169 Å². The average molecular weight is 437 g/mol. The van der Waals surface area contributed by atoms with E-state index in [9.17, 15) is 17.2 Å². The van der Waals surface area contributed by atoms with Gasteiger partial charge in [0.05, 0.1) is 6.54 Å². The zero-order valence-electron chi connectivity index (χ0n) is 15.9. The monoisotopic (exact) mass is 436 g/mol. The van der Waals surface area contributed by atoms with E-state index in [1.54, 1.807) is 0 Å². The van der Waals surface area contributed by atoms with Crippen molar-refractivity contribution >= 4 is 22.4 Å². The van der Waals surface area contributed by atoms with Crippen molar-refractivity contribution in [1.82, 2.24) is 19.3 Å². The van der Waals surface area contributed by atoms with Gasteiger partial charge in [-0.15, -0.1) is 12.4 Å². The normalized spacial score (nSPS) is 16.8. The number of halogens is 3. The molecule has 1 saturated heterocycles. The molecule has 2 aromatic rings. The Balaban J connectivity index is 0.00000280. The maximum absolute atomic E-state index is 13.9. The van der Waals surface area contributed by atoms with E-state index in [-0.39, 0.29) is 30.9 Å². The predicted molar refractivity (Wildman–Crippen MR) is 101 cm³/mol. The zero-order chi connectivity index (χ0) is 19.8. The van der Waals surface area contributed by atoms with Crippen molar-refractivity contribution in [1.29, 1.82) is 0 Å². The van der Waals surface area contributed by atoms with Crippen LogP contribution in [0, 0.1) is 11.6 Å². The van der Waals surface area contributed by atoms with Crippen LogP contribution in [0.2, 0.25) is 0 Å². The second kappa shape index (κ2) is 8.40. The lowest BCUT2D eigenvalue weighted by atomic mass is 9.96. The SMILES string of the molecule is CC(C)(C)c1noc(CN2CCN(S(=O)(=O)c3cc(F)ccc3F)CC2)n1.Cl. The number of benzene rings is 1. The third-order valence-electron chi connectivity index (χ3n) is 4.34. The highest BCUT2D eigenvalue weighted by Gasteiger charge is 2.31. The molecule has 0 atom stereocenters. The summed E-state index contributed by atoms with van der Waals surface area (Å²) < 4.78 is 58.8. The van der Waals surface area contributed by atoms with Crippen LogP contribution in [0.1, 0.15) is 32.5 Å². The van der Waals surface area contributed by atoms with Crippen molar-refractivity contribution in [2.45, 2.75) is 37.6 Å². The van der Waals surface area contributed by atoms with Crippen molar-refractivity contribution in [2.75, 3.05) is 26.2 Å². The van der Waals surface area contributed by atoms with Crippen molar-refractivity contribution < 1.29 is 21.7 Å². The molecule has 0 N–H and O–H groups in total. The van der Waals surface area contributed by atoms with Crippen molar-refractivity contribution in [3.8, 4) is 0 Å². The van der Waals surface area contributed by atoms with Crippen LogP contribution in [0.5, 0.6) is 0 Å². The molecule has 0 radical (unpaired) electrons. The number of sulfonamides is 1. The molecular formula is C17H23ClF2N4O3S. The Hall–Kier alpha value is -1.62. The molecule has 156 valence electrons. The molecule has 1 aromatic carbocycles. The van der Waals surface area contributed by atoms with Crippen LogP contribution in [0.15, 0.2) is 27.6 Å². The van der Waals surface area contributed by atoms with E-state index in [4.69, 9.17) is 4.52 Å². The van der Waals surface area contributed by atoms with E-state index in [0.717, 1.165) is 16.4 Å². The minimum Gasteiger partial charge on any atom is -0.338 e. The largest absolute Gasteiger partial charge is 0.338 e. The van der Waals surface area contributed by atoms with Crippen LogP contribution < -0.4 is 0 Å². The summed E-state index contributed by atoms with van der Waals surface area (Å²) in [6.07, 6.45) is 0. The Bertz CT molecular complexity index is 923. The standard InChI is InChI=1S/C17H22F2N4O3S.ClH/c1-17(2,3)16-20-15(26-21-16)11-22-6-8-23(9-7-22)27(24,25)14-10-12(18)4-5-13(14)19;/h4-5,10H,6-9,11H2,1-3H3;1H. The lowest BCUT2D eigenvalue weighted by molar-refractivity contribution is 0.163. The first-order chi connectivity index (χ1) is 12.6. The molecule has 11 heteroatoms. The van der Waals surface area contributed by atoms with E-state index < -0.39 is 26.6 Å². The fourth-order valence-corrected chi connectivity index (χ4v) is 4.26. The number of piperazine rings is 1. The van der Waals surface area contributed by atoms with Crippen LogP contribution in [0.4, 0.5) is 8.78 Å². The van der Waals surface area contributed by atoms with E-state index in [0.29, 0.717) is 37.4 Å². The first-order valence-electron chi connectivity index (χ1n) is 8.58. The third kappa shape index (κ3) is 4.86. The maximum atomic E-state index is 13.9. The summed E-state index contributed by atoms with van der Waals surface area (Å²) in [4.78, 5) is 5.71. The van der Waals surface area contributed by atoms with Gasteiger partial charge in [-0.1, -0.05) is 25.9 Å². The summed E-state index contributed by atoms with van der Waals surface area (Å²) in [7, 11) is -4.09. The van der Waals surface area contributed by atoms with Crippen LogP contribution in [0.25, 0.3) is 0 Å². The molecule has 1 aliphatic rings. The third-order valence-corrected chi connectivity index (χ3v) is 6.25. The van der Waals surface area contributed by atoms with Gasteiger partial charge in [-0.05, 0) is 18.2 Å². The molecule has 0 aliphatic carbocycles. The molecule has 0 amide bonds. The summed E-state index contributed by atoms with van der Waals surface area (Å²) >= 11 is 0. The van der Waals surface area contributed by atoms with Gasteiger partial charge in [-0.3, -0.25) is 4.90 Å². The van der Waals surface area contributed by atoms with Crippen LogP contribution in [-0.2, 0) is 22.0 Å². The molecule has 7 nitrogen and oxygen atoms in total. The van der Waals surface area contributed by atoms with E-state index >= 15 is 0 Å². The number of nitrogens with zero attached hydrogens (tertiary/aromatic N) is 4. The summed E-state index contributed by atoms with van der Waals surface area (Å²) in [6, 6.07) is 2.42. The Morgan fingerprint density at radius 3 is 2.36 bits per heavy atom. The van der Waals surface area contributed by atoms with Gasteiger partial charge in [0, 0.05) is 31.6 Å². The lowest BCUT2D eigenvalue weighted by Crippen LogP contribution is -2.48. The van der Waals surface area contributed by atoms with E-state index in [2.05, 4.69) is 10.1 Å². The molecule has 1 aliphatic heterocycles. The molecule has 1 aromatic heterocycles. The Morgan fingerprint density at radius 2 is 1.79 bits per heavy atom. The molecule has 28 heavy (non-hydrogen) atoms. The van der Waals surface area contributed by atoms with Crippen LogP contribution >= 0.6 is 12.4 Å². The summed E-state index contributed by atoms with van der Waals surface area (Å²) in [6.45, 7) is 7.53. The molecule has 0 saturated carbocycles. The fourth-order valence-electron chi connectivity index (χ4n) is 2.76. The summed E-state index contributed by atoms with van der Waals surface area (Å²) in [5.74, 6) is -0.674. The lowest BCUT2D eigenvalue weighted by Gasteiger charge is -2.33. The van der Waals surface area contributed by atoms with Crippen molar-refractivity contribution in [3.05, 3.63) is 41.5 Å². The van der Waals surface area contributed by atoms with Gasteiger partial charge in [0.2, 0.25) is 15.9 Å². The van der Waals surface area contributed by atoms with Gasteiger partial charge in [-0.25, -0.2) is 17.2 Å². The minimum atomic E-state index is -4.09. The highest BCUT2D eigenvalue weighted by Crippen LogP contribution is 2.23. The van der Waals surface area contributed by atoms with Gasteiger partial charge < -0.3 is 4.52 Å². The van der Waals surface area contributed by atoms with E-state index in [1.165, 1.54) is 0 Å². The van der Waals surface area contributed by atoms with Gasteiger partial charge >= 0.3 is 0 Å².